The van der Waals surface area contributed by atoms with Crippen LogP contribution >= 0.6 is 11.8 Å². The fourth-order valence-electron chi connectivity index (χ4n) is 4.29. The fourth-order valence-corrected chi connectivity index (χ4v) is 5.65. The maximum atomic E-state index is 13.1. The highest BCUT2D eigenvalue weighted by Crippen LogP contribution is 2.32. The van der Waals surface area contributed by atoms with E-state index in [1.54, 1.807) is 48.3 Å². The minimum absolute atomic E-state index is 0.0660. The van der Waals surface area contributed by atoms with Crippen LogP contribution in [0.25, 0.3) is 11.3 Å². The van der Waals surface area contributed by atoms with Crippen molar-refractivity contribution in [3.05, 3.63) is 90.0 Å². The number of fused-ring (bicyclic) bond motifs is 1. The summed E-state index contributed by atoms with van der Waals surface area (Å²) in [6.07, 6.45) is 3.66. The van der Waals surface area contributed by atoms with Gasteiger partial charge in [0.15, 0.2) is 5.65 Å². The van der Waals surface area contributed by atoms with Gasteiger partial charge in [0.25, 0.3) is 0 Å². The largest absolute Gasteiger partial charge is 0.508 e. The number of amides is 2. The van der Waals surface area contributed by atoms with Crippen LogP contribution in [0.5, 0.6) is 5.75 Å². The van der Waals surface area contributed by atoms with Crippen LogP contribution in [0, 0.1) is 0 Å². The average molecular weight is 604 g/mol. The van der Waals surface area contributed by atoms with Crippen molar-refractivity contribution >= 4 is 40.1 Å². The second-order valence-electron chi connectivity index (χ2n) is 10.6. The monoisotopic (exact) mass is 603 g/mol. The van der Waals surface area contributed by atoms with Crippen LogP contribution in [0.15, 0.2) is 82.7 Å². The number of phenolic OH excluding ortho intramolecular Hbond substituents is 1. The quantitative estimate of drug-likeness (QED) is 0.193. The summed E-state index contributed by atoms with van der Waals surface area (Å²) >= 11 is 1.60. The number of aromatic nitrogens is 5. The number of nitrogens with one attached hydrogen (secondary N) is 2. The average Bonchev–Trinajstić information content (AvgIpc) is 3.57. The van der Waals surface area contributed by atoms with Gasteiger partial charge in [-0.2, -0.15) is 5.10 Å². The molecule has 0 aliphatic heterocycles. The number of nitrogens with zero attached hydrogens (tertiary/aromatic N) is 5. The highest BCUT2D eigenvalue weighted by atomic mass is 32.2. The lowest BCUT2D eigenvalue weighted by molar-refractivity contribution is 0.251. The Morgan fingerprint density at radius 3 is 2.60 bits per heavy atom. The van der Waals surface area contributed by atoms with Crippen LogP contribution < -0.4 is 10.6 Å². The molecule has 1 unspecified atom stereocenters. The van der Waals surface area contributed by atoms with Gasteiger partial charge in [-0.1, -0.05) is 49.9 Å². The van der Waals surface area contributed by atoms with E-state index in [9.17, 15) is 14.1 Å². The van der Waals surface area contributed by atoms with Gasteiger partial charge in [-0.15, -0.1) is 10.2 Å². The Labute approximate surface area is 251 Å². The van der Waals surface area contributed by atoms with E-state index in [2.05, 4.69) is 39.8 Å². The van der Waals surface area contributed by atoms with Crippen LogP contribution in [-0.2, 0) is 22.1 Å². The molecule has 42 heavy (non-hydrogen) atoms. The Kier molecular flexibility index (Phi) is 8.37. The number of hydrogen-bond acceptors (Lipinski definition) is 7. The number of urea groups is 1. The van der Waals surface area contributed by atoms with Gasteiger partial charge < -0.3 is 10.4 Å². The van der Waals surface area contributed by atoms with Crippen LogP contribution in [0.4, 0.5) is 10.6 Å². The molecule has 5 rings (SSSR count). The zero-order chi connectivity index (χ0) is 30.0. The van der Waals surface area contributed by atoms with Crippen molar-refractivity contribution in [2.45, 2.75) is 54.7 Å². The van der Waals surface area contributed by atoms with Crippen molar-refractivity contribution in [1.82, 2.24) is 29.7 Å². The normalized spacial score (nSPS) is 12.5. The Bertz CT molecular complexity index is 1780. The van der Waals surface area contributed by atoms with E-state index >= 15 is 0 Å². The van der Waals surface area contributed by atoms with Crippen LogP contribution in [0.2, 0.25) is 0 Å². The second kappa shape index (κ2) is 12.0. The molecule has 3 heterocycles. The highest BCUT2D eigenvalue weighted by molar-refractivity contribution is 7.99. The lowest BCUT2D eigenvalue weighted by atomic mass is 10.1. The SMILES string of the molecule is CC(C)c1nnc2ccc(Sc3ccccc3CNC(=O)Nc3cc(C(C)(C)S(C)=O)nn3-c3cccc(O)c3)cn12. The van der Waals surface area contributed by atoms with Crippen molar-refractivity contribution in [3.8, 4) is 11.4 Å². The van der Waals surface area contributed by atoms with Gasteiger partial charge >= 0.3 is 6.03 Å². The molecule has 0 saturated carbocycles. The Hall–Kier alpha value is -4.16. The molecule has 2 amide bonds. The molecule has 0 saturated heterocycles. The molecule has 1 atom stereocenters. The molecule has 2 aromatic carbocycles. The predicted octanol–water partition coefficient (Wildman–Crippen LogP) is 5.83. The molecule has 0 radical (unpaired) electrons. The molecule has 218 valence electrons. The molecular formula is C30H33N7O3S2. The zero-order valence-electron chi connectivity index (χ0n) is 24.0. The van der Waals surface area contributed by atoms with E-state index in [0.29, 0.717) is 23.7 Å². The first-order chi connectivity index (χ1) is 20.0. The number of aromatic hydroxyl groups is 1. The van der Waals surface area contributed by atoms with Gasteiger partial charge in [-0.05, 0) is 49.7 Å². The third-order valence-corrected chi connectivity index (χ3v) is 9.66. The third-order valence-electron chi connectivity index (χ3n) is 6.92. The predicted molar refractivity (Wildman–Crippen MR) is 166 cm³/mol. The number of pyridine rings is 1. The zero-order valence-corrected chi connectivity index (χ0v) is 25.7. The minimum atomic E-state index is -1.22. The van der Waals surface area contributed by atoms with Gasteiger partial charge in [0.05, 0.1) is 16.1 Å². The molecular weight excluding hydrogens is 571 g/mol. The Balaban J connectivity index is 1.34. The van der Waals surface area contributed by atoms with Crippen LogP contribution in [0.3, 0.4) is 0 Å². The van der Waals surface area contributed by atoms with E-state index in [-0.39, 0.29) is 11.7 Å². The van der Waals surface area contributed by atoms with E-state index in [1.165, 1.54) is 4.68 Å². The molecule has 10 nitrogen and oxygen atoms in total. The summed E-state index contributed by atoms with van der Waals surface area (Å²) < 4.78 is 15.2. The number of anilines is 1. The fraction of sp³-hybridized carbons (Fsp3) is 0.267. The van der Waals surface area contributed by atoms with Crippen LogP contribution in [-0.4, -0.2) is 46.0 Å². The van der Waals surface area contributed by atoms with E-state index in [1.807, 2.05) is 60.8 Å². The first-order valence-electron chi connectivity index (χ1n) is 13.4. The van der Waals surface area contributed by atoms with Crippen molar-refractivity contribution in [2.75, 3.05) is 11.6 Å². The molecule has 3 aromatic heterocycles. The Morgan fingerprint density at radius 1 is 1.07 bits per heavy atom. The van der Waals surface area contributed by atoms with Crippen molar-refractivity contribution in [2.24, 2.45) is 0 Å². The van der Waals surface area contributed by atoms with Gasteiger partial charge in [0.1, 0.15) is 17.4 Å². The van der Waals surface area contributed by atoms with Crippen LogP contribution in [0.1, 0.15) is 50.7 Å². The maximum Gasteiger partial charge on any atom is 0.320 e. The number of hydrogen-bond donors (Lipinski definition) is 3. The minimum Gasteiger partial charge on any atom is -0.508 e. The molecule has 0 aliphatic carbocycles. The van der Waals surface area contributed by atoms with Gasteiger partial charge in [0, 0.05) is 57.6 Å². The van der Waals surface area contributed by atoms with Crippen molar-refractivity contribution < 1.29 is 14.1 Å². The van der Waals surface area contributed by atoms with E-state index in [4.69, 9.17) is 0 Å². The van der Waals surface area contributed by atoms with Gasteiger partial charge in [-0.25, -0.2) is 9.48 Å². The Morgan fingerprint density at radius 2 is 1.86 bits per heavy atom. The molecule has 0 spiro atoms. The topological polar surface area (TPSA) is 126 Å². The molecule has 0 bridgehead atoms. The third kappa shape index (κ3) is 6.19. The first kappa shape index (κ1) is 29.3. The van der Waals surface area contributed by atoms with Gasteiger partial charge in [0.2, 0.25) is 0 Å². The number of rotatable bonds is 9. The summed E-state index contributed by atoms with van der Waals surface area (Å²) in [6, 6.07) is 19.7. The molecule has 0 fully saturated rings. The first-order valence-corrected chi connectivity index (χ1v) is 15.8. The summed E-state index contributed by atoms with van der Waals surface area (Å²) in [5, 5.41) is 29.1. The molecule has 5 aromatic rings. The molecule has 3 N–H and O–H groups in total. The van der Waals surface area contributed by atoms with Crippen molar-refractivity contribution in [1.29, 1.82) is 0 Å². The van der Waals surface area contributed by atoms with Crippen molar-refractivity contribution in [3.63, 3.8) is 0 Å². The second-order valence-corrected chi connectivity index (χ2v) is 13.7. The lowest BCUT2D eigenvalue weighted by Gasteiger charge is -2.18. The summed E-state index contributed by atoms with van der Waals surface area (Å²) in [4.78, 5) is 15.2. The molecule has 0 aliphatic rings. The number of phenols is 1. The number of benzene rings is 2. The lowest BCUT2D eigenvalue weighted by Crippen LogP contribution is -2.29. The summed E-state index contributed by atoms with van der Waals surface area (Å²) in [5.41, 5.74) is 2.86. The van der Waals surface area contributed by atoms with Gasteiger partial charge in [-0.3, -0.25) is 13.9 Å². The summed E-state index contributed by atoms with van der Waals surface area (Å²) in [7, 11) is -1.22. The smallest absolute Gasteiger partial charge is 0.320 e. The maximum absolute atomic E-state index is 13.1. The summed E-state index contributed by atoms with van der Waals surface area (Å²) in [5.74, 6) is 1.60. The number of carbonyl (C=O) groups excluding carboxylic acids is 1. The molecule has 12 heteroatoms. The summed E-state index contributed by atoms with van der Waals surface area (Å²) in [6.45, 7) is 8.14. The highest BCUT2D eigenvalue weighted by Gasteiger charge is 2.30. The van der Waals surface area contributed by atoms with E-state index < -0.39 is 21.6 Å². The standard InChI is InChI=1S/C30H33N7O3S2/c1-19(2)28-34-33-26-14-13-23(18-36(26)28)41-24-12-7-6-9-20(24)17-31-29(39)32-27-16-25(30(3,4)42(5)40)35-37(27)21-10-8-11-22(38)15-21/h6-16,18-19,38H,17H2,1-5H3,(H2,31,32,39). The van der Waals surface area contributed by atoms with E-state index in [0.717, 1.165) is 26.8 Å². The number of carbonyl (C=O) groups is 1.